The van der Waals surface area contributed by atoms with E-state index in [0.717, 1.165) is 30.8 Å². The number of halogens is 2. The summed E-state index contributed by atoms with van der Waals surface area (Å²) >= 11 is 6.11. The minimum absolute atomic E-state index is 0.0313. The van der Waals surface area contributed by atoms with Gasteiger partial charge in [-0.05, 0) is 25.2 Å². The number of alkyl halides is 1. The van der Waals surface area contributed by atoms with Crippen molar-refractivity contribution in [2.24, 2.45) is 0 Å². The first-order valence-corrected chi connectivity index (χ1v) is 6.78. The Balaban J connectivity index is 1.83. The van der Waals surface area contributed by atoms with Crippen LogP contribution in [0.25, 0.3) is 0 Å². The first-order chi connectivity index (χ1) is 9.08. The Morgan fingerprint density at radius 1 is 1.58 bits per heavy atom. The van der Waals surface area contributed by atoms with E-state index < -0.39 is 0 Å². The van der Waals surface area contributed by atoms with Crippen molar-refractivity contribution in [1.82, 2.24) is 4.90 Å². The van der Waals surface area contributed by atoms with Gasteiger partial charge in [0.15, 0.2) is 0 Å². The van der Waals surface area contributed by atoms with Crippen LogP contribution >= 0.6 is 11.6 Å². The zero-order valence-corrected chi connectivity index (χ0v) is 12.0. The van der Waals surface area contributed by atoms with Crippen molar-refractivity contribution in [2.75, 3.05) is 33.9 Å². The summed E-state index contributed by atoms with van der Waals surface area (Å²) in [5, 5.41) is -0.0313. The molecule has 0 radical (unpaired) electrons. The van der Waals surface area contributed by atoms with Gasteiger partial charge in [-0.25, -0.2) is 4.39 Å². The second-order valence-corrected chi connectivity index (χ2v) is 5.59. The molecule has 19 heavy (non-hydrogen) atoms. The van der Waals surface area contributed by atoms with E-state index in [4.69, 9.17) is 21.1 Å². The van der Waals surface area contributed by atoms with Gasteiger partial charge in [-0.15, -0.1) is 11.6 Å². The van der Waals surface area contributed by atoms with Crippen molar-refractivity contribution in [2.45, 2.75) is 17.9 Å². The number of fused-ring (bicyclic) bond motifs is 1. The molecule has 0 saturated heterocycles. The highest BCUT2D eigenvalue weighted by molar-refractivity contribution is 6.20. The number of hydrogen-bond acceptors (Lipinski definition) is 3. The topological polar surface area (TPSA) is 21.7 Å². The van der Waals surface area contributed by atoms with Crippen LogP contribution in [0, 0.1) is 5.82 Å². The number of benzene rings is 1. The lowest BCUT2D eigenvalue weighted by atomic mass is 10.1. The van der Waals surface area contributed by atoms with Crippen LogP contribution in [-0.2, 0) is 11.2 Å². The second-order valence-electron chi connectivity index (χ2n) is 4.97. The van der Waals surface area contributed by atoms with Gasteiger partial charge in [-0.2, -0.15) is 0 Å². The Hall–Kier alpha value is -0.840. The predicted molar refractivity (Wildman–Crippen MR) is 73.5 cm³/mol. The van der Waals surface area contributed by atoms with Crippen LogP contribution in [0.4, 0.5) is 4.39 Å². The van der Waals surface area contributed by atoms with Crippen molar-refractivity contribution in [3.63, 3.8) is 0 Å². The number of hydrogen-bond donors (Lipinski definition) is 0. The average Bonchev–Trinajstić information content (AvgIpc) is 2.70. The summed E-state index contributed by atoms with van der Waals surface area (Å²) in [6.45, 7) is 2.03. The van der Waals surface area contributed by atoms with Crippen molar-refractivity contribution in [1.29, 1.82) is 0 Å². The molecule has 0 aromatic heterocycles. The zero-order valence-electron chi connectivity index (χ0n) is 11.2. The minimum Gasteiger partial charge on any atom is -0.488 e. The Labute approximate surface area is 118 Å². The molecule has 2 rings (SSSR count). The van der Waals surface area contributed by atoms with Crippen LogP contribution < -0.4 is 4.74 Å². The van der Waals surface area contributed by atoms with Gasteiger partial charge in [0, 0.05) is 32.2 Å². The molecule has 1 aromatic carbocycles. The third-order valence-electron chi connectivity index (χ3n) is 3.14. The summed E-state index contributed by atoms with van der Waals surface area (Å²) in [6, 6.07) is 4.67. The number of methoxy groups -OCH3 is 1. The van der Waals surface area contributed by atoms with Crippen LogP contribution in [0.5, 0.6) is 5.75 Å². The summed E-state index contributed by atoms with van der Waals surface area (Å²) in [7, 11) is 3.64. The van der Waals surface area contributed by atoms with Crippen LogP contribution in [0.15, 0.2) is 18.2 Å². The fourth-order valence-electron chi connectivity index (χ4n) is 2.38. The molecule has 1 aliphatic heterocycles. The van der Waals surface area contributed by atoms with Gasteiger partial charge in [0.05, 0.1) is 12.0 Å². The number of rotatable bonds is 6. The lowest BCUT2D eigenvalue weighted by Gasteiger charge is -2.22. The van der Waals surface area contributed by atoms with Crippen molar-refractivity contribution >= 4 is 11.6 Å². The van der Waals surface area contributed by atoms with Crippen LogP contribution in [0.1, 0.15) is 5.56 Å². The predicted octanol–water partition coefficient (Wildman–Crippen LogP) is 2.31. The Morgan fingerprint density at radius 3 is 3.11 bits per heavy atom. The molecule has 5 heteroatoms. The molecule has 1 aliphatic rings. The van der Waals surface area contributed by atoms with Gasteiger partial charge in [0.2, 0.25) is 0 Å². The zero-order chi connectivity index (χ0) is 13.8. The maximum absolute atomic E-state index is 13.1. The first-order valence-electron chi connectivity index (χ1n) is 6.35. The maximum Gasteiger partial charge on any atom is 0.123 e. The summed E-state index contributed by atoms with van der Waals surface area (Å²) in [6.07, 6.45) is 0.808. The van der Waals surface area contributed by atoms with E-state index in [0.29, 0.717) is 6.61 Å². The van der Waals surface area contributed by atoms with E-state index in [2.05, 4.69) is 4.90 Å². The normalized spacial score (nSPS) is 19.3. The molecule has 3 nitrogen and oxygen atoms in total. The average molecular weight is 288 g/mol. The molecule has 0 amide bonds. The summed E-state index contributed by atoms with van der Waals surface area (Å²) < 4.78 is 23.9. The quantitative estimate of drug-likeness (QED) is 0.750. The van der Waals surface area contributed by atoms with Gasteiger partial charge in [-0.3, -0.25) is 0 Å². The molecular formula is C14H19ClFNO2. The minimum atomic E-state index is -0.211. The third-order valence-corrected chi connectivity index (χ3v) is 3.40. The standard InChI is InChI=1S/C14H19ClFNO2/c1-17(7-11(15)9-18-2)8-13-6-10-5-12(16)3-4-14(10)19-13/h3-5,11,13H,6-9H2,1-2H3. The smallest absolute Gasteiger partial charge is 0.123 e. The van der Waals surface area contributed by atoms with E-state index in [1.165, 1.54) is 6.07 Å². The van der Waals surface area contributed by atoms with Gasteiger partial charge < -0.3 is 14.4 Å². The highest BCUT2D eigenvalue weighted by Crippen LogP contribution is 2.29. The molecule has 0 saturated carbocycles. The molecule has 0 spiro atoms. The van der Waals surface area contributed by atoms with Gasteiger partial charge in [0.25, 0.3) is 0 Å². The van der Waals surface area contributed by atoms with Gasteiger partial charge in [-0.1, -0.05) is 0 Å². The molecule has 0 aliphatic carbocycles. The second kappa shape index (κ2) is 6.55. The highest BCUT2D eigenvalue weighted by Gasteiger charge is 2.24. The monoisotopic (exact) mass is 287 g/mol. The molecule has 2 atom stereocenters. The Bertz CT molecular complexity index is 430. The van der Waals surface area contributed by atoms with E-state index in [1.54, 1.807) is 19.2 Å². The van der Waals surface area contributed by atoms with Gasteiger partial charge in [0.1, 0.15) is 17.7 Å². The van der Waals surface area contributed by atoms with E-state index >= 15 is 0 Å². The number of ether oxygens (including phenoxy) is 2. The van der Waals surface area contributed by atoms with Gasteiger partial charge >= 0.3 is 0 Å². The maximum atomic E-state index is 13.1. The largest absolute Gasteiger partial charge is 0.488 e. The van der Waals surface area contributed by atoms with Crippen molar-refractivity contribution in [3.8, 4) is 5.75 Å². The Kier molecular flexibility index (Phi) is 5.02. The fourth-order valence-corrected chi connectivity index (χ4v) is 2.75. The molecular weight excluding hydrogens is 269 g/mol. The van der Waals surface area contributed by atoms with Crippen LogP contribution in [0.3, 0.4) is 0 Å². The lowest BCUT2D eigenvalue weighted by Crippen LogP contribution is -2.36. The molecule has 1 aromatic rings. The Morgan fingerprint density at radius 2 is 2.37 bits per heavy atom. The molecule has 0 fully saturated rings. The molecule has 0 bridgehead atoms. The molecule has 0 N–H and O–H groups in total. The SMILES string of the molecule is COCC(Cl)CN(C)CC1Cc2cc(F)ccc2O1. The summed E-state index contributed by atoms with van der Waals surface area (Å²) in [4.78, 5) is 2.11. The lowest BCUT2D eigenvalue weighted by molar-refractivity contribution is 0.149. The van der Waals surface area contributed by atoms with Crippen LogP contribution in [-0.4, -0.2) is 50.2 Å². The van der Waals surface area contributed by atoms with Crippen molar-refractivity contribution < 1.29 is 13.9 Å². The molecule has 2 unspecified atom stereocenters. The van der Waals surface area contributed by atoms with Crippen LogP contribution in [0.2, 0.25) is 0 Å². The number of likely N-dealkylation sites (N-methyl/N-ethyl adjacent to an activating group) is 1. The first kappa shape index (κ1) is 14.6. The molecule has 1 heterocycles. The van der Waals surface area contributed by atoms with E-state index in [1.807, 2.05) is 7.05 Å². The fraction of sp³-hybridized carbons (Fsp3) is 0.571. The van der Waals surface area contributed by atoms with E-state index in [-0.39, 0.29) is 17.3 Å². The van der Waals surface area contributed by atoms with Crippen molar-refractivity contribution in [3.05, 3.63) is 29.6 Å². The number of nitrogens with zero attached hydrogens (tertiary/aromatic N) is 1. The van der Waals surface area contributed by atoms with E-state index in [9.17, 15) is 4.39 Å². The third kappa shape index (κ3) is 4.06. The summed E-state index contributed by atoms with van der Waals surface area (Å²) in [5.74, 6) is 0.580. The summed E-state index contributed by atoms with van der Waals surface area (Å²) in [5.41, 5.74) is 0.942. The highest BCUT2D eigenvalue weighted by atomic mass is 35.5. The molecule has 106 valence electrons.